The standard InChI is InChI=1S/C23H24F2N6O2/c1-23(2,13-32)30-21-8-20(14(9-26)11-29-21)31-7-6-19(15(10-27)22(31)33)28-12-16-17(24)4-3-5-18(16)25/h3-5,8,10-11,32H,6-7,12-13,27H2,1-2H3,(H,29,30)/b15-10+,28-19?. The molecular weight excluding hydrogens is 430 g/mol. The molecule has 0 unspecified atom stereocenters. The number of nitrogens with two attached hydrogens (primary N) is 1. The molecule has 4 N–H and O–H groups in total. The van der Waals surface area contributed by atoms with Gasteiger partial charge in [-0.15, -0.1) is 0 Å². The maximum Gasteiger partial charge on any atom is 0.261 e. The number of nitrogens with one attached hydrogen (secondary N) is 1. The molecule has 1 aliphatic heterocycles. The van der Waals surface area contributed by atoms with E-state index in [2.05, 4.69) is 15.3 Å². The van der Waals surface area contributed by atoms with Crippen LogP contribution in [0.2, 0.25) is 0 Å². The Morgan fingerprint density at radius 2 is 2.09 bits per heavy atom. The van der Waals surface area contributed by atoms with Gasteiger partial charge in [0.1, 0.15) is 23.5 Å². The topological polar surface area (TPSA) is 128 Å². The van der Waals surface area contributed by atoms with E-state index in [0.717, 1.165) is 18.3 Å². The quantitative estimate of drug-likeness (QED) is 0.576. The number of nitriles is 1. The second kappa shape index (κ2) is 9.75. The van der Waals surface area contributed by atoms with Crippen molar-refractivity contribution in [3.05, 3.63) is 65.0 Å². The van der Waals surface area contributed by atoms with Crippen LogP contribution < -0.4 is 16.0 Å². The number of hydrogen-bond acceptors (Lipinski definition) is 7. The highest BCUT2D eigenvalue weighted by Crippen LogP contribution is 2.29. The van der Waals surface area contributed by atoms with E-state index in [9.17, 15) is 23.9 Å². The number of aromatic nitrogens is 1. The highest BCUT2D eigenvalue weighted by Gasteiger charge is 2.31. The molecule has 172 valence electrons. The highest BCUT2D eigenvalue weighted by molar-refractivity contribution is 6.28. The van der Waals surface area contributed by atoms with E-state index >= 15 is 0 Å². The summed E-state index contributed by atoms with van der Waals surface area (Å²) in [6, 6.07) is 7.12. The fraction of sp³-hybridized carbons (Fsp3) is 0.304. The van der Waals surface area contributed by atoms with E-state index in [1.54, 1.807) is 19.9 Å². The van der Waals surface area contributed by atoms with Crippen molar-refractivity contribution in [2.45, 2.75) is 32.4 Å². The summed E-state index contributed by atoms with van der Waals surface area (Å²) >= 11 is 0. The first-order valence-electron chi connectivity index (χ1n) is 10.2. The summed E-state index contributed by atoms with van der Waals surface area (Å²) in [7, 11) is 0. The van der Waals surface area contributed by atoms with Gasteiger partial charge in [0, 0.05) is 37.0 Å². The van der Waals surface area contributed by atoms with Crippen LogP contribution in [0.15, 0.2) is 47.2 Å². The zero-order chi connectivity index (χ0) is 24.2. The lowest BCUT2D eigenvalue weighted by Gasteiger charge is -2.31. The van der Waals surface area contributed by atoms with Crippen LogP contribution in [-0.4, -0.2) is 40.4 Å². The summed E-state index contributed by atoms with van der Waals surface area (Å²) in [5, 5.41) is 22.1. The number of rotatable bonds is 6. The van der Waals surface area contributed by atoms with Gasteiger partial charge in [0.25, 0.3) is 5.91 Å². The van der Waals surface area contributed by atoms with Gasteiger partial charge in [-0.1, -0.05) is 6.07 Å². The first kappa shape index (κ1) is 23.8. The number of carbonyl (C=O) groups is 1. The summed E-state index contributed by atoms with van der Waals surface area (Å²) in [5.74, 6) is -1.56. The monoisotopic (exact) mass is 454 g/mol. The van der Waals surface area contributed by atoms with Crippen molar-refractivity contribution in [3.63, 3.8) is 0 Å². The molecule has 0 atom stereocenters. The largest absolute Gasteiger partial charge is 0.404 e. The first-order valence-corrected chi connectivity index (χ1v) is 10.2. The summed E-state index contributed by atoms with van der Waals surface area (Å²) in [4.78, 5) is 23.0. The number of aliphatic imine (C=N–C) groups is 1. The number of benzene rings is 1. The summed E-state index contributed by atoms with van der Waals surface area (Å²) in [6.45, 7) is 3.29. The molecule has 10 heteroatoms. The number of carbonyl (C=O) groups excluding carboxylic acids is 1. The number of aliphatic hydroxyl groups excluding tert-OH is 1. The minimum atomic E-state index is -0.720. The molecule has 33 heavy (non-hydrogen) atoms. The molecule has 0 spiro atoms. The second-order valence-electron chi connectivity index (χ2n) is 8.12. The van der Waals surface area contributed by atoms with E-state index in [4.69, 9.17) is 5.73 Å². The zero-order valence-corrected chi connectivity index (χ0v) is 18.3. The Morgan fingerprint density at radius 3 is 2.70 bits per heavy atom. The van der Waals surface area contributed by atoms with E-state index in [1.165, 1.54) is 17.2 Å². The van der Waals surface area contributed by atoms with Crippen LogP contribution in [0.4, 0.5) is 20.3 Å². The molecule has 1 aliphatic rings. The molecule has 1 aromatic heterocycles. The Kier molecular flexibility index (Phi) is 7.04. The smallest absolute Gasteiger partial charge is 0.261 e. The lowest BCUT2D eigenvalue weighted by Crippen LogP contribution is -2.42. The molecule has 0 saturated carbocycles. The molecule has 1 amide bonds. The van der Waals surface area contributed by atoms with Crippen molar-refractivity contribution in [2.24, 2.45) is 10.7 Å². The van der Waals surface area contributed by atoms with Gasteiger partial charge in [-0.2, -0.15) is 5.26 Å². The van der Waals surface area contributed by atoms with Gasteiger partial charge in [-0.3, -0.25) is 9.79 Å². The Morgan fingerprint density at radius 1 is 1.39 bits per heavy atom. The fourth-order valence-corrected chi connectivity index (χ4v) is 3.35. The molecule has 2 aromatic rings. The lowest BCUT2D eigenvalue weighted by atomic mass is 10.00. The normalized spacial score (nSPS) is 16.8. The van der Waals surface area contributed by atoms with Gasteiger partial charge in [-0.25, -0.2) is 13.8 Å². The van der Waals surface area contributed by atoms with Gasteiger partial charge < -0.3 is 21.1 Å². The summed E-state index contributed by atoms with van der Waals surface area (Å²) in [6.07, 6.45) is 2.71. The Balaban J connectivity index is 1.90. The Bertz CT molecular complexity index is 1150. The molecule has 0 radical (unpaired) electrons. The average molecular weight is 454 g/mol. The van der Waals surface area contributed by atoms with Gasteiger partial charge in [0.15, 0.2) is 0 Å². The molecular formula is C23H24F2N6O2. The number of amides is 1. The maximum atomic E-state index is 13.9. The van der Waals surface area contributed by atoms with Crippen LogP contribution in [0.1, 0.15) is 31.4 Å². The van der Waals surface area contributed by atoms with Gasteiger partial charge in [0.05, 0.1) is 41.2 Å². The van der Waals surface area contributed by atoms with Crippen molar-refractivity contribution in [1.82, 2.24) is 4.98 Å². The molecule has 1 aromatic carbocycles. The number of pyridine rings is 1. The van der Waals surface area contributed by atoms with E-state index < -0.39 is 23.1 Å². The number of aliphatic hydroxyl groups is 1. The van der Waals surface area contributed by atoms with Crippen LogP contribution in [0.25, 0.3) is 0 Å². The third-order valence-electron chi connectivity index (χ3n) is 5.17. The average Bonchev–Trinajstić information content (AvgIpc) is 2.78. The molecule has 0 bridgehead atoms. The number of piperidine rings is 1. The summed E-state index contributed by atoms with van der Waals surface area (Å²) < 4.78 is 27.9. The van der Waals surface area contributed by atoms with Crippen LogP contribution >= 0.6 is 0 Å². The van der Waals surface area contributed by atoms with Crippen LogP contribution in [-0.2, 0) is 11.3 Å². The predicted octanol–water partition coefficient (Wildman–Crippen LogP) is 2.63. The van der Waals surface area contributed by atoms with Crippen LogP contribution in [0, 0.1) is 23.0 Å². The molecule has 0 aliphatic carbocycles. The van der Waals surface area contributed by atoms with E-state index in [1.807, 2.05) is 6.07 Å². The van der Waals surface area contributed by atoms with Crippen molar-refractivity contribution < 1.29 is 18.7 Å². The predicted molar refractivity (Wildman–Crippen MR) is 120 cm³/mol. The van der Waals surface area contributed by atoms with Crippen molar-refractivity contribution in [3.8, 4) is 6.07 Å². The molecule has 1 fully saturated rings. The molecule has 8 nitrogen and oxygen atoms in total. The zero-order valence-electron chi connectivity index (χ0n) is 18.3. The Labute approximate surface area is 190 Å². The van der Waals surface area contributed by atoms with Gasteiger partial charge >= 0.3 is 0 Å². The molecule has 2 heterocycles. The minimum absolute atomic E-state index is 0.0869. The fourth-order valence-electron chi connectivity index (χ4n) is 3.35. The van der Waals surface area contributed by atoms with Crippen molar-refractivity contribution in [1.29, 1.82) is 5.26 Å². The number of anilines is 2. The van der Waals surface area contributed by atoms with Gasteiger partial charge in [0.2, 0.25) is 0 Å². The number of halogens is 2. The Hall–Kier alpha value is -3.84. The van der Waals surface area contributed by atoms with E-state index in [-0.39, 0.29) is 42.8 Å². The molecule has 3 rings (SSSR count). The highest BCUT2D eigenvalue weighted by atomic mass is 19.1. The first-order chi connectivity index (χ1) is 15.7. The minimum Gasteiger partial charge on any atom is -0.404 e. The second-order valence-corrected chi connectivity index (χ2v) is 8.12. The molecule has 1 saturated heterocycles. The van der Waals surface area contributed by atoms with E-state index in [0.29, 0.717) is 17.2 Å². The number of nitrogens with zero attached hydrogens (tertiary/aromatic N) is 4. The van der Waals surface area contributed by atoms with Crippen molar-refractivity contribution >= 4 is 23.1 Å². The SMILES string of the molecule is CC(C)(CO)Nc1cc(N2CCC(=NCc3c(F)cccc3F)/C(=C\N)C2=O)c(C#N)cn1. The van der Waals surface area contributed by atoms with Crippen LogP contribution in [0.3, 0.4) is 0 Å². The van der Waals surface area contributed by atoms with Crippen molar-refractivity contribution in [2.75, 3.05) is 23.4 Å². The maximum absolute atomic E-state index is 13.9. The van der Waals surface area contributed by atoms with Crippen LogP contribution in [0.5, 0.6) is 0 Å². The van der Waals surface area contributed by atoms with Gasteiger partial charge in [-0.05, 0) is 26.0 Å². The third kappa shape index (κ3) is 5.15. The number of hydrogen-bond donors (Lipinski definition) is 3. The third-order valence-corrected chi connectivity index (χ3v) is 5.17. The summed E-state index contributed by atoms with van der Waals surface area (Å²) in [5.41, 5.74) is 5.75. The lowest BCUT2D eigenvalue weighted by molar-refractivity contribution is -0.114.